The Morgan fingerprint density at radius 1 is 1.20 bits per heavy atom. The van der Waals surface area contributed by atoms with Gasteiger partial charge in [-0.1, -0.05) is 50.3 Å². The number of piperidine rings is 1. The van der Waals surface area contributed by atoms with Gasteiger partial charge < -0.3 is 14.7 Å². The summed E-state index contributed by atoms with van der Waals surface area (Å²) in [5, 5.41) is 15.3. The van der Waals surface area contributed by atoms with Crippen LogP contribution in [0.2, 0.25) is 0 Å². The summed E-state index contributed by atoms with van der Waals surface area (Å²) < 4.78 is 7.92. The molecule has 214 valence electrons. The second-order valence-corrected chi connectivity index (χ2v) is 12.5. The maximum Gasteiger partial charge on any atom is 0.337 e. The number of hydrogen-bond acceptors (Lipinski definition) is 6. The lowest BCUT2D eigenvalue weighted by Crippen LogP contribution is -2.40. The molecule has 4 rings (SSSR count). The summed E-state index contributed by atoms with van der Waals surface area (Å²) in [6, 6.07) is 12.2. The van der Waals surface area contributed by atoms with Crippen molar-refractivity contribution in [2.45, 2.75) is 86.4 Å². The van der Waals surface area contributed by atoms with Crippen molar-refractivity contribution in [3.63, 3.8) is 0 Å². The quantitative estimate of drug-likeness (QED) is 0.322. The number of nitrogens with zero attached hydrogens (tertiary/aromatic N) is 5. The topological polar surface area (TPSA) is 92.3 Å². The highest BCUT2D eigenvalue weighted by Gasteiger charge is 2.36. The van der Waals surface area contributed by atoms with Gasteiger partial charge in [0.15, 0.2) is 11.8 Å². The predicted molar refractivity (Wildman–Crippen MR) is 160 cm³/mol. The largest absolute Gasteiger partial charge is 0.479 e. The molecule has 0 amide bonds. The Morgan fingerprint density at radius 3 is 2.42 bits per heavy atom. The summed E-state index contributed by atoms with van der Waals surface area (Å²) >= 11 is 0. The fourth-order valence-corrected chi connectivity index (χ4v) is 5.10. The molecule has 40 heavy (non-hydrogen) atoms. The van der Waals surface area contributed by atoms with E-state index in [0.29, 0.717) is 22.6 Å². The molecule has 1 N–H and O–H groups in total. The number of anilines is 1. The predicted octanol–water partition coefficient (Wildman–Crippen LogP) is 6.56. The molecule has 1 unspecified atom stereocenters. The van der Waals surface area contributed by atoms with Crippen molar-refractivity contribution in [1.82, 2.24) is 14.6 Å². The lowest BCUT2D eigenvalue weighted by atomic mass is 9.82. The molecule has 8 heteroatoms. The molecule has 1 aliphatic rings. The number of fused-ring (bicyclic) bond motifs is 1. The van der Waals surface area contributed by atoms with Gasteiger partial charge in [-0.3, -0.25) is 4.99 Å². The first kappa shape index (κ1) is 29.5. The Bertz CT molecular complexity index is 1420. The Labute approximate surface area is 237 Å². The Balaban J connectivity index is 1.83. The number of aryl methyl sites for hydroxylation is 1. The minimum atomic E-state index is -1.18. The molecule has 3 heterocycles. The van der Waals surface area contributed by atoms with Crippen molar-refractivity contribution in [2.75, 3.05) is 18.0 Å². The summed E-state index contributed by atoms with van der Waals surface area (Å²) in [6.45, 7) is 17.6. The van der Waals surface area contributed by atoms with Crippen LogP contribution >= 0.6 is 0 Å². The van der Waals surface area contributed by atoms with Gasteiger partial charge in [-0.2, -0.15) is 9.61 Å². The van der Waals surface area contributed by atoms with Crippen LogP contribution in [0.3, 0.4) is 0 Å². The van der Waals surface area contributed by atoms with Gasteiger partial charge in [-0.25, -0.2) is 9.78 Å². The van der Waals surface area contributed by atoms with Crippen molar-refractivity contribution in [1.29, 1.82) is 0 Å². The van der Waals surface area contributed by atoms with Gasteiger partial charge in [-0.15, -0.1) is 0 Å². The monoisotopic (exact) mass is 545 g/mol. The highest BCUT2D eigenvalue weighted by Crippen LogP contribution is 2.38. The fraction of sp³-hybridized carbons (Fsp3) is 0.500. The Hall–Kier alpha value is -3.52. The number of aliphatic imine (C=N–C) groups is 1. The molecule has 0 saturated carbocycles. The molecule has 1 atom stereocenters. The summed E-state index contributed by atoms with van der Waals surface area (Å²) in [5.41, 5.74) is 5.04. The SMILES string of the molecule is C/C=C(/Cc1ccccc1)N=C(C)c1cc2nc(C)c(C(OC(C)(C)C)C(=O)O)c(N3CCC(C)(C)CC3)n2n1. The normalized spacial score (nSPS) is 17.4. The fourth-order valence-electron chi connectivity index (χ4n) is 5.10. The summed E-state index contributed by atoms with van der Waals surface area (Å²) in [7, 11) is 0. The van der Waals surface area contributed by atoms with Crippen LogP contribution in [-0.4, -0.2) is 50.1 Å². The van der Waals surface area contributed by atoms with Crippen LogP contribution in [0.4, 0.5) is 5.82 Å². The van der Waals surface area contributed by atoms with Gasteiger partial charge >= 0.3 is 5.97 Å². The number of aliphatic carboxylic acids is 1. The molecule has 0 bridgehead atoms. The molecule has 1 fully saturated rings. The number of allylic oxidation sites excluding steroid dienone is 2. The van der Waals surface area contributed by atoms with Crippen molar-refractivity contribution in [3.05, 3.63) is 70.7 Å². The van der Waals surface area contributed by atoms with Crippen LogP contribution in [0.25, 0.3) is 5.65 Å². The van der Waals surface area contributed by atoms with E-state index in [9.17, 15) is 9.90 Å². The second-order valence-electron chi connectivity index (χ2n) is 12.5. The van der Waals surface area contributed by atoms with Gasteiger partial charge in [0.25, 0.3) is 0 Å². The molecule has 0 radical (unpaired) electrons. The number of benzene rings is 1. The highest BCUT2D eigenvalue weighted by atomic mass is 16.5. The van der Waals surface area contributed by atoms with E-state index in [2.05, 4.69) is 30.9 Å². The van der Waals surface area contributed by atoms with E-state index in [0.717, 1.165) is 49.6 Å². The van der Waals surface area contributed by atoms with Gasteiger partial charge in [0.05, 0.1) is 16.9 Å². The molecular weight excluding hydrogens is 502 g/mol. The van der Waals surface area contributed by atoms with E-state index in [4.69, 9.17) is 19.8 Å². The molecule has 3 aromatic rings. The van der Waals surface area contributed by atoms with E-state index in [1.165, 1.54) is 5.56 Å². The van der Waals surface area contributed by atoms with Crippen LogP contribution in [0, 0.1) is 12.3 Å². The zero-order chi connectivity index (χ0) is 29.2. The first-order chi connectivity index (χ1) is 18.8. The summed E-state index contributed by atoms with van der Waals surface area (Å²) in [4.78, 5) is 24.6. The average Bonchev–Trinajstić information content (AvgIpc) is 3.30. The Morgan fingerprint density at radius 2 is 1.85 bits per heavy atom. The molecule has 1 saturated heterocycles. The number of carbonyl (C=O) groups is 1. The molecule has 1 aliphatic heterocycles. The second kappa shape index (κ2) is 11.5. The minimum absolute atomic E-state index is 0.228. The molecule has 0 aliphatic carbocycles. The van der Waals surface area contributed by atoms with Gasteiger partial charge in [0.2, 0.25) is 0 Å². The average molecular weight is 546 g/mol. The van der Waals surface area contributed by atoms with E-state index in [-0.39, 0.29) is 5.41 Å². The zero-order valence-corrected chi connectivity index (χ0v) is 25.2. The van der Waals surface area contributed by atoms with Crippen LogP contribution in [-0.2, 0) is 16.0 Å². The molecule has 8 nitrogen and oxygen atoms in total. The van der Waals surface area contributed by atoms with Gasteiger partial charge in [-0.05, 0) is 65.4 Å². The maximum absolute atomic E-state index is 12.6. The third kappa shape index (κ3) is 6.78. The number of ether oxygens (including phenoxy) is 1. The third-order valence-corrected chi connectivity index (χ3v) is 7.42. The molecule has 2 aromatic heterocycles. The van der Waals surface area contributed by atoms with Gasteiger partial charge in [0.1, 0.15) is 11.5 Å². The van der Waals surface area contributed by atoms with Crippen molar-refractivity contribution in [3.8, 4) is 0 Å². The summed E-state index contributed by atoms with van der Waals surface area (Å²) in [6.07, 6.45) is 3.56. The van der Waals surface area contributed by atoms with E-state index < -0.39 is 17.7 Å². The number of aromatic nitrogens is 3. The summed E-state index contributed by atoms with van der Waals surface area (Å²) in [5.74, 6) is -0.300. The van der Waals surface area contributed by atoms with Crippen molar-refractivity contribution in [2.24, 2.45) is 10.4 Å². The first-order valence-electron chi connectivity index (χ1n) is 14.1. The number of rotatable bonds is 8. The van der Waals surface area contributed by atoms with Crippen molar-refractivity contribution < 1.29 is 14.6 Å². The number of hydrogen-bond donors (Lipinski definition) is 1. The standard InChI is InChI=1S/C32H43N5O3/c1-9-24(19-23-13-11-10-12-14-23)33-21(2)25-20-26-34-22(3)27(28(30(38)39)40-31(4,5)6)29(37(26)35-25)36-17-15-32(7,8)16-18-36/h9-14,20,28H,15-19H2,1-8H3,(H,38,39)/b24-9-,33-21?. The minimum Gasteiger partial charge on any atom is -0.479 e. The van der Waals surface area contributed by atoms with Gasteiger partial charge in [0, 0.05) is 37.0 Å². The van der Waals surface area contributed by atoms with E-state index in [1.54, 1.807) is 4.52 Å². The van der Waals surface area contributed by atoms with Crippen molar-refractivity contribution >= 4 is 23.1 Å². The van der Waals surface area contributed by atoms with Crippen LogP contribution in [0.15, 0.2) is 53.2 Å². The molecule has 0 spiro atoms. The lowest BCUT2D eigenvalue weighted by Gasteiger charge is -2.39. The van der Waals surface area contributed by atoms with Crippen LogP contribution < -0.4 is 4.90 Å². The van der Waals surface area contributed by atoms with Crippen LogP contribution in [0.5, 0.6) is 0 Å². The first-order valence-corrected chi connectivity index (χ1v) is 14.1. The Kier molecular flexibility index (Phi) is 8.49. The third-order valence-electron chi connectivity index (χ3n) is 7.42. The number of carboxylic acids is 1. The smallest absolute Gasteiger partial charge is 0.337 e. The molecular formula is C32H43N5O3. The lowest BCUT2D eigenvalue weighted by molar-refractivity contribution is -0.160. The maximum atomic E-state index is 12.6. The van der Waals surface area contributed by atoms with E-state index >= 15 is 0 Å². The molecule has 1 aromatic carbocycles. The zero-order valence-electron chi connectivity index (χ0n) is 25.2. The van der Waals surface area contributed by atoms with Crippen LogP contribution in [0.1, 0.15) is 89.9 Å². The highest BCUT2D eigenvalue weighted by molar-refractivity contribution is 5.98. The van der Waals surface area contributed by atoms with E-state index in [1.807, 2.05) is 71.9 Å². The number of carboxylic acid groups (broad SMARTS) is 1.